The van der Waals surface area contributed by atoms with Crippen molar-refractivity contribution < 1.29 is 27.4 Å². The van der Waals surface area contributed by atoms with Crippen LogP contribution in [0.15, 0.2) is 12.1 Å². The Labute approximate surface area is 94.2 Å². The van der Waals surface area contributed by atoms with E-state index in [0.29, 0.717) is 0 Å². The van der Waals surface area contributed by atoms with Crippen molar-refractivity contribution in [2.75, 3.05) is 7.11 Å². The lowest BCUT2D eigenvalue weighted by Gasteiger charge is -2.08. The number of esters is 1. The molecule has 0 amide bonds. The zero-order chi connectivity index (χ0) is 13.0. The van der Waals surface area contributed by atoms with Crippen molar-refractivity contribution in [3.63, 3.8) is 0 Å². The highest BCUT2D eigenvalue weighted by molar-refractivity contribution is 5.90. The van der Waals surface area contributed by atoms with Crippen molar-refractivity contribution in [1.29, 1.82) is 5.26 Å². The molecule has 0 aliphatic rings. The maximum Gasteiger partial charge on any atom is 0.387 e. The summed E-state index contributed by atoms with van der Waals surface area (Å²) in [6.45, 7) is -3.26. The SMILES string of the molecule is COC(=O)c1cc(C#N)c(F)c(OC(F)F)c1. The van der Waals surface area contributed by atoms with Crippen LogP contribution in [0.5, 0.6) is 5.75 Å². The summed E-state index contributed by atoms with van der Waals surface area (Å²) >= 11 is 0. The number of carbonyl (C=O) groups is 1. The first-order chi connectivity index (χ1) is 7.99. The fourth-order valence-corrected chi connectivity index (χ4v) is 1.10. The van der Waals surface area contributed by atoms with Crippen LogP contribution in [-0.4, -0.2) is 19.7 Å². The number of benzene rings is 1. The number of methoxy groups -OCH3 is 1. The summed E-state index contributed by atoms with van der Waals surface area (Å²) in [7, 11) is 1.06. The largest absolute Gasteiger partial charge is 0.465 e. The third-order valence-electron chi connectivity index (χ3n) is 1.80. The standard InChI is InChI=1S/C10H6F3NO3/c1-16-9(15)5-2-6(4-14)8(11)7(3-5)17-10(12)13/h2-3,10H,1H3. The molecule has 0 heterocycles. The predicted molar refractivity (Wildman–Crippen MR) is 49.1 cm³/mol. The maximum absolute atomic E-state index is 13.3. The summed E-state index contributed by atoms with van der Waals surface area (Å²) in [6, 6.07) is 3.05. The molecule has 0 saturated heterocycles. The topological polar surface area (TPSA) is 59.3 Å². The highest BCUT2D eigenvalue weighted by atomic mass is 19.3. The molecule has 1 rings (SSSR count). The Morgan fingerprint density at radius 2 is 2.12 bits per heavy atom. The van der Waals surface area contributed by atoms with Crippen LogP contribution >= 0.6 is 0 Å². The van der Waals surface area contributed by atoms with E-state index < -0.39 is 29.7 Å². The van der Waals surface area contributed by atoms with Crippen molar-refractivity contribution in [2.24, 2.45) is 0 Å². The third-order valence-corrected chi connectivity index (χ3v) is 1.80. The molecule has 7 heteroatoms. The van der Waals surface area contributed by atoms with Gasteiger partial charge in [0.1, 0.15) is 6.07 Å². The predicted octanol–water partition coefficient (Wildman–Crippen LogP) is 2.09. The first-order valence-electron chi connectivity index (χ1n) is 4.26. The molecule has 0 atom stereocenters. The van der Waals surface area contributed by atoms with Gasteiger partial charge in [0, 0.05) is 0 Å². The first-order valence-corrected chi connectivity index (χ1v) is 4.26. The van der Waals surface area contributed by atoms with Gasteiger partial charge >= 0.3 is 12.6 Å². The van der Waals surface area contributed by atoms with Crippen LogP contribution < -0.4 is 4.74 Å². The zero-order valence-corrected chi connectivity index (χ0v) is 8.54. The number of ether oxygens (including phenoxy) is 2. The maximum atomic E-state index is 13.3. The number of hydrogen-bond acceptors (Lipinski definition) is 4. The van der Waals surface area contributed by atoms with Gasteiger partial charge in [0.05, 0.1) is 18.2 Å². The second-order valence-electron chi connectivity index (χ2n) is 2.82. The molecule has 0 saturated carbocycles. The molecular formula is C10H6F3NO3. The molecule has 0 fully saturated rings. The van der Waals surface area contributed by atoms with Gasteiger partial charge in [0.2, 0.25) is 0 Å². The summed E-state index contributed by atoms with van der Waals surface area (Å²) in [5, 5.41) is 8.57. The van der Waals surface area contributed by atoms with Gasteiger partial charge in [-0.2, -0.15) is 14.0 Å². The summed E-state index contributed by atoms with van der Waals surface area (Å²) in [5.41, 5.74) is -0.829. The van der Waals surface area contributed by atoms with Crippen LogP contribution in [0.4, 0.5) is 13.2 Å². The Hall–Kier alpha value is -2.23. The molecule has 0 aliphatic carbocycles. The molecule has 4 nitrogen and oxygen atoms in total. The van der Waals surface area contributed by atoms with Crippen LogP contribution in [-0.2, 0) is 4.74 Å². The normalized spacial score (nSPS) is 9.88. The van der Waals surface area contributed by atoms with Crippen molar-refractivity contribution >= 4 is 5.97 Å². The Bertz CT molecular complexity index is 482. The molecule has 0 aliphatic heterocycles. The molecular weight excluding hydrogens is 239 g/mol. The average Bonchev–Trinajstić information content (AvgIpc) is 2.30. The van der Waals surface area contributed by atoms with E-state index in [1.807, 2.05) is 0 Å². The summed E-state index contributed by atoms with van der Waals surface area (Å²) in [6.07, 6.45) is 0. The minimum atomic E-state index is -3.26. The molecule has 0 N–H and O–H groups in total. The van der Waals surface area contributed by atoms with Gasteiger partial charge < -0.3 is 9.47 Å². The van der Waals surface area contributed by atoms with Gasteiger partial charge in [0.25, 0.3) is 0 Å². The Morgan fingerprint density at radius 3 is 2.59 bits per heavy atom. The number of halogens is 3. The monoisotopic (exact) mass is 245 g/mol. The first kappa shape index (κ1) is 12.8. The van der Waals surface area contributed by atoms with Gasteiger partial charge in [-0.05, 0) is 12.1 Å². The lowest BCUT2D eigenvalue weighted by atomic mass is 10.1. The van der Waals surface area contributed by atoms with E-state index in [2.05, 4.69) is 9.47 Å². The van der Waals surface area contributed by atoms with Crippen molar-refractivity contribution in [2.45, 2.75) is 6.61 Å². The molecule has 0 aromatic heterocycles. The number of carbonyl (C=O) groups excluding carboxylic acids is 1. The average molecular weight is 245 g/mol. The van der Waals surface area contributed by atoms with E-state index in [1.54, 1.807) is 0 Å². The Balaban J connectivity index is 3.29. The van der Waals surface area contributed by atoms with Crippen LogP contribution in [0.2, 0.25) is 0 Å². The number of hydrogen-bond donors (Lipinski definition) is 0. The molecule has 1 aromatic rings. The highest BCUT2D eigenvalue weighted by Gasteiger charge is 2.18. The molecule has 0 unspecified atom stereocenters. The fraction of sp³-hybridized carbons (Fsp3) is 0.200. The minimum Gasteiger partial charge on any atom is -0.465 e. The van der Waals surface area contributed by atoms with Crippen molar-refractivity contribution in [3.05, 3.63) is 29.1 Å². The molecule has 90 valence electrons. The van der Waals surface area contributed by atoms with Crippen molar-refractivity contribution in [1.82, 2.24) is 0 Å². The van der Waals surface area contributed by atoms with E-state index in [1.165, 1.54) is 6.07 Å². The second-order valence-corrected chi connectivity index (χ2v) is 2.82. The number of rotatable bonds is 3. The summed E-state index contributed by atoms with van der Waals surface area (Å²) in [4.78, 5) is 11.1. The smallest absolute Gasteiger partial charge is 0.387 e. The highest BCUT2D eigenvalue weighted by Crippen LogP contribution is 2.24. The van der Waals surface area contributed by atoms with Crippen LogP contribution in [0.25, 0.3) is 0 Å². The van der Waals surface area contributed by atoms with Crippen molar-refractivity contribution in [3.8, 4) is 11.8 Å². The molecule has 0 radical (unpaired) electrons. The summed E-state index contributed by atoms with van der Waals surface area (Å²) < 4.78 is 45.5. The van der Waals surface area contributed by atoms with Gasteiger partial charge in [-0.3, -0.25) is 0 Å². The minimum absolute atomic E-state index is 0.249. The van der Waals surface area contributed by atoms with Gasteiger partial charge in [0.15, 0.2) is 11.6 Å². The Kier molecular flexibility index (Phi) is 3.93. The van der Waals surface area contributed by atoms with E-state index in [0.717, 1.165) is 19.2 Å². The van der Waals surface area contributed by atoms with E-state index in [9.17, 15) is 18.0 Å². The van der Waals surface area contributed by atoms with Gasteiger partial charge in [-0.1, -0.05) is 0 Å². The zero-order valence-electron chi connectivity index (χ0n) is 8.54. The fourth-order valence-electron chi connectivity index (χ4n) is 1.10. The number of nitrogens with zero attached hydrogens (tertiary/aromatic N) is 1. The van der Waals surface area contributed by atoms with E-state index in [4.69, 9.17) is 5.26 Å². The van der Waals surface area contributed by atoms with Gasteiger partial charge in [-0.25, -0.2) is 9.18 Å². The molecule has 0 bridgehead atoms. The lowest BCUT2D eigenvalue weighted by molar-refractivity contribution is -0.0522. The number of nitriles is 1. The second kappa shape index (κ2) is 5.21. The third kappa shape index (κ3) is 2.87. The van der Waals surface area contributed by atoms with E-state index >= 15 is 0 Å². The van der Waals surface area contributed by atoms with Crippen LogP contribution in [0, 0.1) is 17.1 Å². The molecule has 0 spiro atoms. The van der Waals surface area contributed by atoms with Crippen LogP contribution in [0.3, 0.4) is 0 Å². The van der Waals surface area contributed by atoms with Gasteiger partial charge in [-0.15, -0.1) is 0 Å². The van der Waals surface area contributed by atoms with Crippen LogP contribution in [0.1, 0.15) is 15.9 Å². The van der Waals surface area contributed by atoms with E-state index in [-0.39, 0.29) is 5.56 Å². The quantitative estimate of drug-likeness (QED) is 0.765. The number of alkyl halides is 2. The molecule has 17 heavy (non-hydrogen) atoms. The lowest BCUT2D eigenvalue weighted by Crippen LogP contribution is -2.08. The summed E-state index contributed by atoms with van der Waals surface area (Å²) in [5.74, 6) is -3.01. The Morgan fingerprint density at radius 1 is 1.47 bits per heavy atom. The molecule has 1 aromatic carbocycles.